The molecule has 0 unspecified atom stereocenters. The van der Waals surface area contributed by atoms with Crippen molar-refractivity contribution in [3.8, 4) is 11.3 Å². The number of hydrogen-bond donors (Lipinski definition) is 0. The second-order valence-corrected chi connectivity index (χ2v) is 9.87. The highest BCUT2D eigenvalue weighted by molar-refractivity contribution is 7.15. The molecule has 7 heteroatoms. The largest absolute Gasteiger partial charge is 0.467 e. The minimum atomic E-state index is -0.0119. The predicted octanol–water partition coefficient (Wildman–Crippen LogP) is 7.35. The average molecular weight is 512 g/mol. The minimum Gasteiger partial charge on any atom is -0.467 e. The summed E-state index contributed by atoms with van der Waals surface area (Å²) < 4.78 is 7.70. The molecular weight excluding hydrogens is 490 g/mol. The summed E-state index contributed by atoms with van der Waals surface area (Å²) in [6.45, 7) is 0.950. The first-order valence-corrected chi connectivity index (χ1v) is 12.9. The quantitative estimate of drug-likeness (QED) is 0.225. The molecule has 36 heavy (non-hydrogen) atoms. The molecule has 3 aromatic heterocycles. The maximum Gasteiger partial charge on any atom is 0.254 e. The molecule has 6 rings (SSSR count). The smallest absolute Gasteiger partial charge is 0.254 e. The molecule has 0 fully saturated rings. The topological polar surface area (TPSA) is 50.8 Å². The lowest BCUT2D eigenvalue weighted by molar-refractivity contribution is 0.0735. The molecule has 3 aromatic carbocycles. The summed E-state index contributed by atoms with van der Waals surface area (Å²) in [7, 11) is 0. The third kappa shape index (κ3) is 4.41. The lowest BCUT2D eigenvalue weighted by atomic mass is 10.0. The zero-order valence-electron chi connectivity index (χ0n) is 19.3. The standard InChI is InChI=1S/C29H22ClN3O2S/c30-22-12-10-21(11-13-22)27-18-33-23(19-36-29(33)31-27)14-15-32(17-24-7-4-16-35-24)28(34)26-9-3-6-20-5-1-2-8-25(20)26/h1-13,16,18-19H,14-15,17H2. The van der Waals surface area contributed by atoms with E-state index in [0.717, 1.165) is 38.4 Å². The predicted molar refractivity (Wildman–Crippen MR) is 145 cm³/mol. The van der Waals surface area contributed by atoms with E-state index in [0.29, 0.717) is 30.1 Å². The summed E-state index contributed by atoms with van der Waals surface area (Å²) in [4.78, 5) is 21.3. The second-order valence-electron chi connectivity index (χ2n) is 8.60. The van der Waals surface area contributed by atoms with Crippen molar-refractivity contribution < 1.29 is 9.21 Å². The Morgan fingerprint density at radius 3 is 2.67 bits per heavy atom. The summed E-state index contributed by atoms with van der Waals surface area (Å²) in [5.74, 6) is 0.744. The fourth-order valence-corrected chi connectivity index (χ4v) is 5.48. The Kier molecular flexibility index (Phi) is 6.05. The Balaban J connectivity index is 1.28. The number of hydrogen-bond acceptors (Lipinski definition) is 4. The van der Waals surface area contributed by atoms with Crippen LogP contribution in [-0.4, -0.2) is 26.7 Å². The van der Waals surface area contributed by atoms with Crippen LogP contribution in [0.3, 0.4) is 0 Å². The molecule has 6 aromatic rings. The van der Waals surface area contributed by atoms with Crippen LogP contribution >= 0.6 is 22.9 Å². The van der Waals surface area contributed by atoms with Crippen LogP contribution in [0.4, 0.5) is 0 Å². The highest BCUT2D eigenvalue weighted by Gasteiger charge is 2.20. The van der Waals surface area contributed by atoms with Crippen LogP contribution in [-0.2, 0) is 13.0 Å². The third-order valence-corrected chi connectivity index (χ3v) is 7.44. The normalized spacial score (nSPS) is 11.4. The zero-order valence-corrected chi connectivity index (χ0v) is 20.9. The molecule has 0 bridgehead atoms. The van der Waals surface area contributed by atoms with Crippen molar-refractivity contribution in [1.82, 2.24) is 14.3 Å². The molecule has 0 saturated heterocycles. The van der Waals surface area contributed by atoms with Crippen molar-refractivity contribution in [2.45, 2.75) is 13.0 Å². The molecule has 0 spiro atoms. The van der Waals surface area contributed by atoms with Gasteiger partial charge in [-0.05, 0) is 41.1 Å². The second kappa shape index (κ2) is 9.64. The van der Waals surface area contributed by atoms with E-state index in [1.807, 2.05) is 90.0 Å². The van der Waals surface area contributed by atoms with E-state index in [1.54, 1.807) is 17.6 Å². The van der Waals surface area contributed by atoms with Gasteiger partial charge in [0.1, 0.15) is 5.76 Å². The number of furan rings is 1. The number of fused-ring (bicyclic) bond motifs is 2. The highest BCUT2D eigenvalue weighted by Crippen LogP contribution is 2.26. The van der Waals surface area contributed by atoms with Crippen LogP contribution in [0.1, 0.15) is 21.8 Å². The van der Waals surface area contributed by atoms with Crippen molar-refractivity contribution in [3.05, 3.63) is 119 Å². The van der Waals surface area contributed by atoms with Gasteiger partial charge >= 0.3 is 0 Å². The molecule has 0 radical (unpaired) electrons. The van der Waals surface area contributed by atoms with Crippen LogP contribution in [0.15, 0.2) is 101 Å². The maximum absolute atomic E-state index is 13.8. The maximum atomic E-state index is 13.8. The molecular formula is C29H22ClN3O2S. The van der Waals surface area contributed by atoms with Gasteiger partial charge in [-0.25, -0.2) is 4.98 Å². The van der Waals surface area contributed by atoms with Gasteiger partial charge < -0.3 is 9.32 Å². The number of thiazole rings is 1. The van der Waals surface area contributed by atoms with Gasteiger partial charge in [0.15, 0.2) is 4.96 Å². The van der Waals surface area contributed by atoms with Gasteiger partial charge in [-0.1, -0.05) is 60.1 Å². The fourth-order valence-electron chi connectivity index (χ4n) is 4.44. The molecule has 0 saturated carbocycles. The van der Waals surface area contributed by atoms with Crippen LogP contribution in [0, 0.1) is 0 Å². The lowest BCUT2D eigenvalue weighted by Gasteiger charge is -2.22. The van der Waals surface area contributed by atoms with E-state index >= 15 is 0 Å². The number of halogens is 1. The molecule has 0 N–H and O–H groups in total. The van der Waals surface area contributed by atoms with Crippen molar-refractivity contribution in [3.63, 3.8) is 0 Å². The number of rotatable bonds is 7. The van der Waals surface area contributed by atoms with Gasteiger partial charge in [-0.15, -0.1) is 11.3 Å². The van der Waals surface area contributed by atoms with Crippen LogP contribution in [0.25, 0.3) is 27.0 Å². The van der Waals surface area contributed by atoms with Gasteiger partial charge in [0.25, 0.3) is 5.91 Å². The summed E-state index contributed by atoms with van der Waals surface area (Å²) in [5, 5.41) is 4.82. The highest BCUT2D eigenvalue weighted by atomic mass is 35.5. The Morgan fingerprint density at radius 1 is 1.00 bits per heavy atom. The Hall–Kier alpha value is -3.87. The first-order chi connectivity index (χ1) is 17.7. The van der Waals surface area contributed by atoms with Crippen molar-refractivity contribution in [1.29, 1.82) is 0 Å². The average Bonchev–Trinajstić information content (AvgIpc) is 3.65. The molecule has 178 valence electrons. The first-order valence-electron chi connectivity index (χ1n) is 11.7. The summed E-state index contributed by atoms with van der Waals surface area (Å²) >= 11 is 7.64. The lowest BCUT2D eigenvalue weighted by Crippen LogP contribution is -2.32. The number of nitrogens with zero attached hydrogens (tertiary/aromatic N) is 3. The van der Waals surface area contributed by atoms with Crippen LogP contribution in [0.5, 0.6) is 0 Å². The first kappa shape index (κ1) is 22.6. The molecule has 0 atom stereocenters. The zero-order chi connectivity index (χ0) is 24.5. The van der Waals surface area contributed by atoms with E-state index in [2.05, 4.69) is 9.78 Å². The number of aromatic nitrogens is 2. The van der Waals surface area contributed by atoms with E-state index in [9.17, 15) is 4.79 Å². The third-order valence-electron chi connectivity index (χ3n) is 6.30. The Labute approximate surface area is 217 Å². The summed E-state index contributed by atoms with van der Waals surface area (Å²) in [5.41, 5.74) is 3.73. The van der Waals surface area contributed by atoms with E-state index in [-0.39, 0.29) is 5.91 Å². The Morgan fingerprint density at radius 2 is 1.83 bits per heavy atom. The number of benzene rings is 3. The minimum absolute atomic E-state index is 0.0119. The van der Waals surface area contributed by atoms with Gasteiger partial charge in [-0.3, -0.25) is 9.20 Å². The van der Waals surface area contributed by atoms with Crippen LogP contribution in [0.2, 0.25) is 5.02 Å². The monoisotopic (exact) mass is 511 g/mol. The fraction of sp³-hybridized carbons (Fsp3) is 0.103. The van der Waals surface area contributed by atoms with Gasteiger partial charge in [0, 0.05) is 46.4 Å². The number of imidazole rings is 1. The Bertz CT molecular complexity index is 1650. The van der Waals surface area contributed by atoms with Crippen LogP contribution < -0.4 is 0 Å². The number of carbonyl (C=O) groups is 1. The molecule has 3 heterocycles. The van der Waals surface area contributed by atoms with E-state index in [4.69, 9.17) is 21.0 Å². The molecule has 5 nitrogen and oxygen atoms in total. The summed E-state index contributed by atoms with van der Waals surface area (Å²) in [6.07, 6.45) is 4.38. The van der Waals surface area contributed by atoms with Gasteiger partial charge in [0.2, 0.25) is 0 Å². The molecule has 0 aliphatic rings. The van der Waals surface area contributed by atoms with Gasteiger partial charge in [-0.2, -0.15) is 0 Å². The van der Waals surface area contributed by atoms with Crippen molar-refractivity contribution in [2.24, 2.45) is 0 Å². The molecule has 0 aliphatic heterocycles. The summed E-state index contributed by atoms with van der Waals surface area (Å²) in [6, 6.07) is 25.3. The van der Waals surface area contributed by atoms with Crippen molar-refractivity contribution >= 4 is 44.6 Å². The van der Waals surface area contributed by atoms with Crippen molar-refractivity contribution in [2.75, 3.05) is 6.54 Å². The molecule has 1 amide bonds. The van der Waals surface area contributed by atoms with E-state index in [1.165, 1.54) is 0 Å². The number of carbonyl (C=O) groups excluding carboxylic acids is 1. The SMILES string of the molecule is O=C(c1cccc2ccccc12)N(CCc1csc2nc(-c3ccc(Cl)cc3)cn12)Cc1ccco1. The molecule has 0 aliphatic carbocycles. The number of amides is 1. The van der Waals surface area contributed by atoms with Gasteiger partial charge in [0.05, 0.1) is 18.5 Å². The van der Waals surface area contributed by atoms with E-state index < -0.39 is 0 Å².